The molecule has 1 fully saturated rings. The van der Waals surface area contributed by atoms with Gasteiger partial charge in [-0.05, 0) is 73.1 Å². The van der Waals surface area contributed by atoms with Crippen LogP contribution in [0.15, 0.2) is 92.6 Å². The Morgan fingerprint density at radius 2 is 1.74 bits per heavy atom. The summed E-state index contributed by atoms with van der Waals surface area (Å²) in [6, 6.07) is 22.6. The summed E-state index contributed by atoms with van der Waals surface area (Å²) in [5.41, 5.74) is 2.87. The number of carbonyl (C=O) groups is 1. The van der Waals surface area contributed by atoms with Crippen LogP contribution in [0.3, 0.4) is 0 Å². The molecule has 0 spiro atoms. The molecule has 0 saturated carbocycles. The Kier molecular flexibility index (Phi) is 6.59. The fourth-order valence-corrected chi connectivity index (χ4v) is 6.44. The first-order valence-electron chi connectivity index (χ1n) is 10.9. The second-order valence-corrected chi connectivity index (χ2v) is 10.2. The average Bonchev–Trinajstić information content (AvgIpc) is 3.36. The number of hydrogen-bond donors (Lipinski definition) is 1. The predicted octanol–water partition coefficient (Wildman–Crippen LogP) is 6.65. The number of aromatic hydroxyl groups is 1. The number of fused-ring (bicyclic) bond motifs is 1. The maximum Gasteiger partial charge on any atom is 0.269 e. The number of amidine groups is 1. The van der Waals surface area contributed by atoms with Crippen LogP contribution in [0.5, 0.6) is 5.75 Å². The van der Waals surface area contributed by atoms with Crippen LogP contribution < -0.4 is 4.90 Å². The van der Waals surface area contributed by atoms with Gasteiger partial charge in [0, 0.05) is 23.0 Å². The van der Waals surface area contributed by atoms with E-state index in [2.05, 4.69) is 24.0 Å². The van der Waals surface area contributed by atoms with Gasteiger partial charge in [0.1, 0.15) is 15.7 Å². The molecule has 2 heterocycles. The van der Waals surface area contributed by atoms with Gasteiger partial charge in [0.2, 0.25) is 0 Å². The quantitative estimate of drug-likeness (QED) is 0.392. The number of aliphatic imine (C=N–C) groups is 1. The summed E-state index contributed by atoms with van der Waals surface area (Å²) in [5, 5.41) is 11.9. The second-order valence-electron chi connectivity index (χ2n) is 7.80. The van der Waals surface area contributed by atoms with Crippen molar-refractivity contribution in [2.24, 2.45) is 4.99 Å². The first-order chi connectivity index (χ1) is 16.5. The Balaban J connectivity index is 1.52. The summed E-state index contributed by atoms with van der Waals surface area (Å²) in [5.74, 6) is 0.138. The number of benzene rings is 3. The molecule has 1 amide bonds. The lowest BCUT2D eigenvalue weighted by atomic mass is 10.1. The lowest BCUT2D eigenvalue weighted by Gasteiger charge is -2.19. The highest BCUT2D eigenvalue weighted by atomic mass is 35.5. The van der Waals surface area contributed by atoms with Crippen LogP contribution in [-0.2, 0) is 11.2 Å². The Hall–Kier alpha value is -2.87. The van der Waals surface area contributed by atoms with Crippen LogP contribution in [0.2, 0.25) is 5.02 Å². The predicted molar refractivity (Wildman–Crippen MR) is 142 cm³/mol. The van der Waals surface area contributed by atoms with Crippen LogP contribution in [0.4, 0.5) is 11.4 Å². The normalized spacial score (nSPS) is 18.8. The van der Waals surface area contributed by atoms with E-state index in [1.165, 1.54) is 11.8 Å². The minimum atomic E-state index is -0.0432. The fraction of sp³-hybridized carbons (Fsp3) is 0.154. The van der Waals surface area contributed by atoms with E-state index in [9.17, 15) is 9.90 Å². The molecule has 1 N–H and O–H groups in total. The lowest BCUT2D eigenvalue weighted by molar-refractivity contribution is -0.122. The number of carbonyl (C=O) groups excluding carboxylic acids is 1. The molecular weight excluding hydrogens is 486 g/mol. The van der Waals surface area contributed by atoms with Crippen LogP contribution in [0.1, 0.15) is 12.5 Å². The van der Waals surface area contributed by atoms with Crippen LogP contribution in [0, 0.1) is 0 Å². The van der Waals surface area contributed by atoms with E-state index >= 15 is 0 Å². The SMILES string of the molecule is CCN1/C(=C2/SC(=Nc3ccc(O)cc3)N(CCc3ccccc3)C2=O)Sc2ccc(Cl)cc21. The maximum atomic E-state index is 13.7. The molecule has 3 aromatic carbocycles. The van der Waals surface area contributed by atoms with E-state index in [1.54, 1.807) is 40.9 Å². The van der Waals surface area contributed by atoms with Crippen molar-refractivity contribution >= 4 is 57.6 Å². The summed E-state index contributed by atoms with van der Waals surface area (Å²) in [7, 11) is 0. The number of phenolic OH excluding ortho intramolecular Hbond substituents is 1. The number of rotatable bonds is 5. The van der Waals surface area contributed by atoms with E-state index in [4.69, 9.17) is 16.6 Å². The summed E-state index contributed by atoms with van der Waals surface area (Å²) in [6.45, 7) is 3.32. The summed E-state index contributed by atoms with van der Waals surface area (Å²) < 4.78 is 0. The minimum absolute atomic E-state index is 0.0432. The van der Waals surface area contributed by atoms with Crippen LogP contribution in [0.25, 0.3) is 0 Å². The summed E-state index contributed by atoms with van der Waals surface area (Å²) in [6.07, 6.45) is 0.727. The smallest absolute Gasteiger partial charge is 0.269 e. The van der Waals surface area contributed by atoms with Crippen molar-refractivity contribution < 1.29 is 9.90 Å². The highest BCUT2D eigenvalue weighted by Crippen LogP contribution is 2.51. The molecular formula is C26H22ClN3O2S2. The Morgan fingerprint density at radius 1 is 0.971 bits per heavy atom. The monoisotopic (exact) mass is 507 g/mol. The maximum absolute atomic E-state index is 13.7. The number of nitrogens with zero attached hydrogens (tertiary/aromatic N) is 3. The minimum Gasteiger partial charge on any atom is -0.508 e. The van der Waals surface area contributed by atoms with Gasteiger partial charge >= 0.3 is 0 Å². The Morgan fingerprint density at radius 3 is 2.47 bits per heavy atom. The van der Waals surface area contributed by atoms with Gasteiger partial charge in [-0.25, -0.2) is 4.99 Å². The molecule has 0 bridgehead atoms. The Bertz CT molecular complexity index is 1290. The van der Waals surface area contributed by atoms with Crippen molar-refractivity contribution in [3.63, 3.8) is 0 Å². The Labute approximate surface area is 212 Å². The lowest BCUT2D eigenvalue weighted by Crippen LogP contribution is -2.32. The third-order valence-electron chi connectivity index (χ3n) is 5.58. The fourth-order valence-electron chi connectivity index (χ4n) is 3.88. The molecule has 2 aliphatic rings. The molecule has 0 atom stereocenters. The van der Waals surface area contributed by atoms with Gasteiger partial charge < -0.3 is 10.0 Å². The van der Waals surface area contributed by atoms with E-state index in [0.717, 1.165) is 34.1 Å². The van der Waals surface area contributed by atoms with Crippen molar-refractivity contribution in [2.75, 3.05) is 18.0 Å². The number of phenols is 1. The molecule has 3 aromatic rings. The van der Waals surface area contributed by atoms with Gasteiger partial charge in [0.25, 0.3) is 5.91 Å². The topological polar surface area (TPSA) is 56.1 Å². The van der Waals surface area contributed by atoms with Crippen molar-refractivity contribution in [3.05, 3.63) is 93.3 Å². The third kappa shape index (κ3) is 4.56. The van der Waals surface area contributed by atoms with E-state index in [0.29, 0.717) is 27.3 Å². The largest absolute Gasteiger partial charge is 0.508 e. The van der Waals surface area contributed by atoms with Gasteiger partial charge in [0.05, 0.1) is 11.4 Å². The number of halogens is 1. The van der Waals surface area contributed by atoms with Gasteiger partial charge in [0.15, 0.2) is 5.17 Å². The van der Waals surface area contributed by atoms with Crippen molar-refractivity contribution in [1.82, 2.24) is 4.90 Å². The molecule has 5 nitrogen and oxygen atoms in total. The molecule has 0 aliphatic carbocycles. The first kappa shape index (κ1) is 22.9. The molecule has 5 rings (SSSR count). The highest BCUT2D eigenvalue weighted by molar-refractivity contribution is 8.19. The number of thioether (sulfide) groups is 2. The molecule has 2 aliphatic heterocycles. The number of hydrogen-bond acceptors (Lipinski definition) is 6. The van der Waals surface area contributed by atoms with Gasteiger partial charge in [-0.15, -0.1) is 0 Å². The highest BCUT2D eigenvalue weighted by Gasteiger charge is 2.39. The molecule has 34 heavy (non-hydrogen) atoms. The van der Waals surface area contributed by atoms with Crippen molar-refractivity contribution in [1.29, 1.82) is 0 Å². The van der Waals surface area contributed by atoms with Crippen LogP contribution in [-0.4, -0.2) is 34.2 Å². The second kappa shape index (κ2) is 9.78. The van der Waals surface area contributed by atoms with Gasteiger partial charge in [-0.2, -0.15) is 0 Å². The van der Waals surface area contributed by atoms with E-state index < -0.39 is 0 Å². The summed E-state index contributed by atoms with van der Waals surface area (Å²) in [4.78, 5) is 24.1. The zero-order valence-corrected chi connectivity index (χ0v) is 20.8. The van der Waals surface area contributed by atoms with Gasteiger partial charge in [-0.1, -0.05) is 53.7 Å². The molecule has 8 heteroatoms. The molecule has 0 unspecified atom stereocenters. The zero-order chi connectivity index (χ0) is 23.7. The first-order valence-corrected chi connectivity index (χ1v) is 12.9. The van der Waals surface area contributed by atoms with Crippen LogP contribution >= 0.6 is 35.1 Å². The molecule has 0 aromatic heterocycles. The van der Waals surface area contributed by atoms with E-state index in [-0.39, 0.29) is 11.7 Å². The van der Waals surface area contributed by atoms with Crippen molar-refractivity contribution in [2.45, 2.75) is 18.2 Å². The summed E-state index contributed by atoms with van der Waals surface area (Å²) >= 11 is 9.26. The van der Waals surface area contributed by atoms with Crippen molar-refractivity contribution in [3.8, 4) is 5.75 Å². The van der Waals surface area contributed by atoms with Gasteiger partial charge in [-0.3, -0.25) is 9.69 Å². The number of amides is 1. The standard InChI is InChI=1S/C26H22ClN3O2S2/c1-2-29-21-16-18(27)8-13-22(21)33-25(29)23-24(32)30(15-14-17-6-4-3-5-7-17)26(34-23)28-19-9-11-20(31)12-10-19/h3-13,16,31H,2,14-15H2,1H3/b25-23-,28-26?. The number of anilines is 1. The average molecular weight is 508 g/mol. The molecule has 172 valence electrons. The van der Waals surface area contributed by atoms with E-state index in [1.807, 2.05) is 36.4 Å². The zero-order valence-electron chi connectivity index (χ0n) is 18.4. The molecule has 0 radical (unpaired) electrons. The molecule has 1 saturated heterocycles. The third-order valence-corrected chi connectivity index (χ3v) is 8.19.